The van der Waals surface area contributed by atoms with E-state index in [1.165, 1.54) is 4.90 Å². The van der Waals surface area contributed by atoms with Crippen LogP contribution in [0.15, 0.2) is 91.0 Å². The molecule has 1 aliphatic heterocycles. The van der Waals surface area contributed by atoms with E-state index in [1.807, 2.05) is 97.9 Å². The van der Waals surface area contributed by atoms with Crippen molar-refractivity contribution in [2.45, 2.75) is 57.5 Å². The van der Waals surface area contributed by atoms with Crippen molar-refractivity contribution in [1.29, 1.82) is 0 Å². The standard InChI is InChI=1S/C31H34N2O6/c1-3-26-28(32-27(34)19-23-13-7-4-8-14-23)29(35)33(26)31(2,22-39-38-21-25-17-11-6-12-18-25)30(36)37-20-24-15-9-5-10-16-24/h4-18,26,28H,3,19-22H2,1-2H3,(H,32,34)/t26-,28?,31?/m1/s1. The zero-order valence-electron chi connectivity index (χ0n) is 22.2. The van der Waals surface area contributed by atoms with E-state index in [9.17, 15) is 14.4 Å². The molecule has 8 heteroatoms. The summed E-state index contributed by atoms with van der Waals surface area (Å²) >= 11 is 0. The molecule has 3 aromatic rings. The Morgan fingerprint density at radius 2 is 1.36 bits per heavy atom. The topological polar surface area (TPSA) is 94.2 Å². The van der Waals surface area contributed by atoms with Crippen LogP contribution in [-0.4, -0.2) is 46.9 Å². The number of ether oxygens (including phenoxy) is 1. The maximum atomic E-state index is 13.5. The van der Waals surface area contributed by atoms with E-state index in [1.54, 1.807) is 6.92 Å². The van der Waals surface area contributed by atoms with Crippen molar-refractivity contribution in [3.05, 3.63) is 108 Å². The molecule has 1 saturated heterocycles. The van der Waals surface area contributed by atoms with Crippen LogP contribution >= 0.6 is 0 Å². The largest absolute Gasteiger partial charge is 0.459 e. The van der Waals surface area contributed by atoms with Gasteiger partial charge in [-0.15, -0.1) is 0 Å². The van der Waals surface area contributed by atoms with Gasteiger partial charge in [-0.2, -0.15) is 0 Å². The number of hydrogen-bond donors (Lipinski definition) is 1. The molecule has 0 spiro atoms. The van der Waals surface area contributed by atoms with Crippen LogP contribution in [0.1, 0.15) is 37.0 Å². The van der Waals surface area contributed by atoms with Gasteiger partial charge in [0, 0.05) is 0 Å². The lowest BCUT2D eigenvalue weighted by Crippen LogP contribution is -2.78. The summed E-state index contributed by atoms with van der Waals surface area (Å²) in [7, 11) is 0. The lowest BCUT2D eigenvalue weighted by atomic mass is 9.84. The second-order valence-electron chi connectivity index (χ2n) is 9.74. The van der Waals surface area contributed by atoms with Gasteiger partial charge < -0.3 is 15.0 Å². The van der Waals surface area contributed by atoms with Crippen LogP contribution in [0.5, 0.6) is 0 Å². The minimum atomic E-state index is -1.47. The summed E-state index contributed by atoms with van der Waals surface area (Å²) in [5.74, 6) is -1.24. The molecule has 1 fully saturated rings. The van der Waals surface area contributed by atoms with Gasteiger partial charge in [0.1, 0.15) is 25.9 Å². The van der Waals surface area contributed by atoms with Crippen molar-refractivity contribution in [1.82, 2.24) is 10.2 Å². The van der Waals surface area contributed by atoms with E-state index in [0.717, 1.165) is 16.7 Å². The van der Waals surface area contributed by atoms with E-state index < -0.39 is 23.6 Å². The van der Waals surface area contributed by atoms with Crippen molar-refractivity contribution in [2.24, 2.45) is 0 Å². The summed E-state index contributed by atoms with van der Waals surface area (Å²) in [6, 6.07) is 26.9. The molecule has 0 saturated carbocycles. The Hall–Kier alpha value is -4.01. The van der Waals surface area contributed by atoms with E-state index >= 15 is 0 Å². The fourth-order valence-electron chi connectivity index (χ4n) is 4.68. The Kier molecular flexibility index (Phi) is 9.46. The molecular formula is C31H34N2O6. The minimum Gasteiger partial charge on any atom is -0.459 e. The lowest BCUT2D eigenvalue weighted by Gasteiger charge is -2.54. The predicted octanol–water partition coefficient (Wildman–Crippen LogP) is 3.99. The van der Waals surface area contributed by atoms with Crippen molar-refractivity contribution in [3.8, 4) is 0 Å². The summed E-state index contributed by atoms with van der Waals surface area (Å²) in [6.45, 7) is 3.51. The smallest absolute Gasteiger partial charge is 0.334 e. The maximum absolute atomic E-state index is 13.5. The third-order valence-corrected chi connectivity index (χ3v) is 6.84. The van der Waals surface area contributed by atoms with E-state index in [4.69, 9.17) is 14.5 Å². The fourth-order valence-corrected chi connectivity index (χ4v) is 4.68. The quantitative estimate of drug-likeness (QED) is 0.118. The molecule has 204 valence electrons. The first-order valence-corrected chi connectivity index (χ1v) is 13.1. The monoisotopic (exact) mass is 530 g/mol. The zero-order valence-corrected chi connectivity index (χ0v) is 22.2. The van der Waals surface area contributed by atoms with Crippen LogP contribution in [0.4, 0.5) is 0 Å². The highest BCUT2D eigenvalue weighted by Crippen LogP contribution is 2.33. The number of hydrogen-bond acceptors (Lipinski definition) is 6. The maximum Gasteiger partial charge on any atom is 0.334 e. The first-order chi connectivity index (χ1) is 18.9. The molecule has 1 heterocycles. The second kappa shape index (κ2) is 13.2. The Morgan fingerprint density at radius 3 is 1.92 bits per heavy atom. The second-order valence-corrected chi connectivity index (χ2v) is 9.74. The van der Waals surface area contributed by atoms with Crippen LogP contribution in [-0.2, 0) is 48.5 Å². The summed E-state index contributed by atoms with van der Waals surface area (Å²) in [4.78, 5) is 51.9. The van der Waals surface area contributed by atoms with Crippen LogP contribution < -0.4 is 5.32 Å². The van der Waals surface area contributed by atoms with Crippen LogP contribution in [0.3, 0.4) is 0 Å². The third kappa shape index (κ3) is 6.90. The number of β-lactam (4-membered cyclic amide) rings is 1. The van der Waals surface area contributed by atoms with Crippen LogP contribution in [0, 0.1) is 0 Å². The highest BCUT2D eigenvalue weighted by atomic mass is 17.2. The molecule has 2 amide bonds. The summed E-state index contributed by atoms with van der Waals surface area (Å²) in [5.41, 5.74) is 1.11. The number of esters is 1. The summed E-state index contributed by atoms with van der Waals surface area (Å²) in [5, 5.41) is 2.85. The Balaban J connectivity index is 1.44. The highest BCUT2D eigenvalue weighted by molar-refractivity contribution is 5.98. The summed E-state index contributed by atoms with van der Waals surface area (Å²) in [6.07, 6.45) is 0.683. The van der Waals surface area contributed by atoms with Gasteiger partial charge in [-0.1, -0.05) is 97.9 Å². The fraction of sp³-hybridized carbons (Fsp3) is 0.323. The first kappa shape index (κ1) is 28.0. The van der Waals surface area contributed by atoms with Gasteiger partial charge in [0.2, 0.25) is 11.8 Å². The van der Waals surface area contributed by atoms with E-state index in [-0.39, 0.29) is 38.1 Å². The molecule has 3 atom stereocenters. The number of likely N-dealkylation sites (tertiary alicyclic amines) is 1. The molecule has 3 aromatic carbocycles. The van der Waals surface area contributed by atoms with Gasteiger partial charge in [0.05, 0.1) is 12.5 Å². The van der Waals surface area contributed by atoms with Gasteiger partial charge in [-0.3, -0.25) is 9.59 Å². The first-order valence-electron chi connectivity index (χ1n) is 13.1. The predicted molar refractivity (Wildman–Crippen MR) is 145 cm³/mol. The van der Waals surface area contributed by atoms with E-state index in [2.05, 4.69) is 5.32 Å². The van der Waals surface area contributed by atoms with Crippen LogP contribution in [0.25, 0.3) is 0 Å². The molecule has 2 unspecified atom stereocenters. The molecule has 1 aliphatic rings. The molecule has 1 N–H and O–H groups in total. The number of nitrogens with zero attached hydrogens (tertiary/aromatic N) is 1. The zero-order chi connectivity index (χ0) is 27.7. The number of carbonyl (C=O) groups excluding carboxylic acids is 3. The molecule has 0 aliphatic carbocycles. The Bertz CT molecular complexity index is 1240. The van der Waals surface area contributed by atoms with Crippen LogP contribution in [0.2, 0.25) is 0 Å². The van der Waals surface area contributed by atoms with Gasteiger partial charge in [0.15, 0.2) is 5.54 Å². The van der Waals surface area contributed by atoms with Gasteiger partial charge in [-0.25, -0.2) is 14.6 Å². The molecule has 0 aromatic heterocycles. The molecule has 0 radical (unpaired) electrons. The number of benzene rings is 3. The average molecular weight is 531 g/mol. The number of amides is 2. The van der Waals surface area contributed by atoms with Gasteiger partial charge in [0.25, 0.3) is 0 Å². The number of carbonyl (C=O) groups is 3. The minimum absolute atomic E-state index is 0.0518. The molecule has 39 heavy (non-hydrogen) atoms. The normalized spacial score (nSPS) is 18.1. The number of rotatable bonds is 13. The highest BCUT2D eigenvalue weighted by Gasteiger charge is 2.58. The lowest BCUT2D eigenvalue weighted by molar-refractivity contribution is -0.318. The summed E-state index contributed by atoms with van der Waals surface area (Å²) < 4.78 is 5.65. The number of nitrogens with one attached hydrogen (secondary N) is 1. The van der Waals surface area contributed by atoms with E-state index in [0.29, 0.717) is 6.42 Å². The van der Waals surface area contributed by atoms with Gasteiger partial charge >= 0.3 is 5.97 Å². The molecule has 4 rings (SSSR count). The Labute approximate surface area is 228 Å². The molecule has 8 nitrogen and oxygen atoms in total. The van der Waals surface area contributed by atoms with Crippen molar-refractivity contribution in [2.75, 3.05) is 6.61 Å². The van der Waals surface area contributed by atoms with Crippen molar-refractivity contribution < 1.29 is 28.9 Å². The van der Waals surface area contributed by atoms with Crippen molar-refractivity contribution in [3.63, 3.8) is 0 Å². The average Bonchev–Trinajstić information content (AvgIpc) is 2.97. The third-order valence-electron chi connectivity index (χ3n) is 6.84. The Morgan fingerprint density at radius 1 is 0.821 bits per heavy atom. The molecular weight excluding hydrogens is 496 g/mol. The van der Waals surface area contributed by atoms with Gasteiger partial charge in [-0.05, 0) is 30.0 Å². The molecule has 0 bridgehead atoms. The van der Waals surface area contributed by atoms with Crippen molar-refractivity contribution >= 4 is 17.8 Å². The SMILES string of the molecule is CC[C@@H]1C(NC(=O)Cc2ccccc2)C(=O)N1C(C)(COOCc1ccccc1)C(=O)OCc1ccccc1.